The molecule has 3 aliphatic heterocycles. The van der Waals surface area contributed by atoms with Crippen molar-refractivity contribution >= 4 is 56.0 Å². The lowest BCUT2D eigenvalue weighted by Crippen LogP contribution is -2.51. The zero-order valence-electron chi connectivity index (χ0n) is 35.9. The minimum absolute atomic E-state index is 0.00289. The highest BCUT2D eigenvalue weighted by Gasteiger charge is 2.63. The third-order valence-electron chi connectivity index (χ3n) is 14.9. The van der Waals surface area contributed by atoms with Crippen molar-refractivity contribution in [2.24, 2.45) is 12.5 Å². The molecule has 2 spiro atoms. The van der Waals surface area contributed by atoms with Crippen LogP contribution in [-0.2, 0) is 41.4 Å². The average molecular weight is 895 g/mol. The Morgan fingerprint density at radius 3 is 2.45 bits per heavy atom. The summed E-state index contributed by atoms with van der Waals surface area (Å²) >= 11 is 0. The second kappa shape index (κ2) is 15.6. The SMILES string of the molecule is Cn1c(=O)n(C2CCC(=O)NC2=O)c2ccc(C#CCOCCN3CCC4(CC3)CC(S(=O)(=O)c3ccc(Nc5ncc6c(n5)N([C@@H]5CCC[C@@]5(C)O)C(=O)C65CC5)cc3)C4)c(F)c21. The van der Waals surface area contributed by atoms with Crippen molar-refractivity contribution in [3.8, 4) is 11.8 Å². The Kier molecular flexibility index (Phi) is 10.4. The van der Waals surface area contributed by atoms with Gasteiger partial charge in [0.05, 0.1) is 44.9 Å². The van der Waals surface area contributed by atoms with E-state index >= 15 is 4.39 Å². The minimum atomic E-state index is -3.53. The third-order valence-corrected chi connectivity index (χ3v) is 17.0. The van der Waals surface area contributed by atoms with E-state index in [2.05, 4.69) is 32.4 Å². The summed E-state index contributed by atoms with van der Waals surface area (Å²) in [6, 6.07) is 8.45. The molecule has 3 amide bonds. The molecule has 5 fully saturated rings. The van der Waals surface area contributed by atoms with Crippen LogP contribution >= 0.6 is 0 Å². The molecular weight excluding hydrogens is 844 g/mol. The lowest BCUT2D eigenvalue weighted by molar-refractivity contribution is -0.135. The maximum absolute atomic E-state index is 15.6. The Morgan fingerprint density at radius 1 is 1.02 bits per heavy atom. The molecule has 5 heterocycles. The molecule has 2 aromatic carbocycles. The van der Waals surface area contributed by atoms with Gasteiger partial charge < -0.3 is 20.1 Å². The van der Waals surface area contributed by atoms with Gasteiger partial charge in [0.1, 0.15) is 24.0 Å². The number of imide groups is 1. The van der Waals surface area contributed by atoms with Crippen LogP contribution in [0.15, 0.2) is 52.3 Å². The van der Waals surface area contributed by atoms with Crippen LogP contribution in [0.5, 0.6) is 0 Å². The number of aromatic nitrogens is 4. The lowest BCUT2D eigenvalue weighted by atomic mass is 9.63. The standard InChI is InChI=1S/C46H51FN8O8S/c1-44(60)15-3-6-35(44)55-39-32(46(16-17-46)41(55)58)27-48-42(51-39)49-29-8-10-30(11-9-29)64(61,62)31-25-45(26-31)18-20-53(21-19-45)22-24-63-23-4-5-28-7-12-33-38(37(28)47)52(2)43(59)54(33)34-13-14-36(56)50-40(34)57/h7-12,27,31,34-35,60H,3,6,13-26H2,1-2H3,(H,48,49,51)(H,50,56,57)/t34?,35-,44-/m1/s1. The van der Waals surface area contributed by atoms with Gasteiger partial charge in [-0.1, -0.05) is 11.8 Å². The number of anilines is 3. The largest absolute Gasteiger partial charge is 0.388 e. The molecule has 0 radical (unpaired) electrons. The number of rotatable bonds is 10. The number of hydrogen-bond acceptors (Lipinski definition) is 12. The molecule has 3 atom stereocenters. The molecule has 3 aliphatic carbocycles. The van der Waals surface area contributed by atoms with E-state index in [4.69, 9.17) is 9.72 Å². The number of halogens is 1. The number of ether oxygens (including phenoxy) is 1. The second-order valence-electron chi connectivity index (χ2n) is 18.8. The van der Waals surface area contributed by atoms with Crippen LogP contribution in [0.3, 0.4) is 0 Å². The molecule has 6 aliphatic rings. The lowest BCUT2D eigenvalue weighted by Gasteiger charge is -2.51. The molecule has 3 N–H and O–H groups in total. The van der Waals surface area contributed by atoms with Gasteiger partial charge in [0.25, 0.3) is 0 Å². The van der Waals surface area contributed by atoms with Gasteiger partial charge >= 0.3 is 5.69 Å². The van der Waals surface area contributed by atoms with Crippen molar-refractivity contribution < 1.29 is 37.0 Å². The predicted molar refractivity (Wildman–Crippen MR) is 233 cm³/mol. The van der Waals surface area contributed by atoms with Gasteiger partial charge in [0, 0.05) is 37.5 Å². The number of imidazole rings is 1. The summed E-state index contributed by atoms with van der Waals surface area (Å²) in [7, 11) is -2.10. The van der Waals surface area contributed by atoms with Crippen LogP contribution in [0.1, 0.15) is 94.7 Å². The number of likely N-dealkylation sites (tertiary alicyclic amines) is 1. The number of aliphatic hydroxyl groups is 1. The van der Waals surface area contributed by atoms with E-state index < -0.39 is 55.5 Å². The fourth-order valence-electron chi connectivity index (χ4n) is 10.9. The van der Waals surface area contributed by atoms with Crippen molar-refractivity contribution in [1.82, 2.24) is 29.3 Å². The van der Waals surface area contributed by atoms with Gasteiger partial charge in [-0.25, -0.2) is 22.6 Å². The molecule has 336 valence electrons. The van der Waals surface area contributed by atoms with Crippen molar-refractivity contribution in [3.63, 3.8) is 0 Å². The number of aryl methyl sites for hydroxylation is 1. The van der Waals surface area contributed by atoms with E-state index in [9.17, 15) is 32.7 Å². The number of amides is 3. The highest BCUT2D eigenvalue weighted by atomic mass is 32.2. The number of piperidine rings is 2. The second-order valence-corrected chi connectivity index (χ2v) is 21.1. The number of benzene rings is 2. The maximum atomic E-state index is 15.6. The fourth-order valence-corrected chi connectivity index (χ4v) is 12.9. The van der Waals surface area contributed by atoms with Gasteiger partial charge in [0.15, 0.2) is 15.7 Å². The van der Waals surface area contributed by atoms with Crippen LogP contribution in [-0.4, -0.2) is 105 Å². The molecule has 2 aromatic heterocycles. The maximum Gasteiger partial charge on any atom is 0.329 e. The predicted octanol–water partition coefficient (Wildman–Crippen LogP) is 3.76. The number of nitrogens with one attached hydrogen (secondary N) is 2. The Labute approximate surface area is 369 Å². The van der Waals surface area contributed by atoms with E-state index in [1.54, 1.807) is 48.4 Å². The molecule has 18 heteroatoms. The number of hydrogen-bond donors (Lipinski definition) is 3. The summed E-state index contributed by atoms with van der Waals surface area (Å²) in [5.74, 6) is 4.83. The molecule has 16 nitrogen and oxygen atoms in total. The van der Waals surface area contributed by atoms with Crippen molar-refractivity contribution in [1.29, 1.82) is 0 Å². The number of fused-ring (bicyclic) bond motifs is 3. The summed E-state index contributed by atoms with van der Waals surface area (Å²) in [5, 5.41) is 16.1. The topological polar surface area (TPSA) is 198 Å². The number of sulfone groups is 1. The van der Waals surface area contributed by atoms with Gasteiger partial charge in [-0.05, 0) is 126 Å². The first-order valence-corrected chi connectivity index (χ1v) is 23.7. The molecule has 3 saturated carbocycles. The first kappa shape index (κ1) is 42.5. The van der Waals surface area contributed by atoms with Crippen molar-refractivity contribution in [3.05, 3.63) is 70.0 Å². The van der Waals surface area contributed by atoms with Crippen molar-refractivity contribution in [2.45, 2.75) is 111 Å². The third kappa shape index (κ3) is 7.11. The summed E-state index contributed by atoms with van der Waals surface area (Å²) < 4.78 is 51.2. The Balaban J connectivity index is 0.689. The Bertz CT molecular complexity index is 2830. The number of carbonyl (C=O) groups is 3. The van der Waals surface area contributed by atoms with Gasteiger partial charge in [0.2, 0.25) is 23.7 Å². The van der Waals surface area contributed by atoms with Crippen LogP contribution in [0.4, 0.5) is 21.8 Å². The highest BCUT2D eigenvalue weighted by molar-refractivity contribution is 7.92. The van der Waals surface area contributed by atoms with E-state index in [1.165, 1.54) is 17.7 Å². The van der Waals surface area contributed by atoms with Gasteiger partial charge in [-0.3, -0.25) is 33.7 Å². The van der Waals surface area contributed by atoms with Crippen LogP contribution in [0, 0.1) is 23.1 Å². The van der Waals surface area contributed by atoms with Crippen molar-refractivity contribution in [2.75, 3.05) is 43.1 Å². The van der Waals surface area contributed by atoms with Gasteiger partial charge in [-0.15, -0.1) is 0 Å². The van der Waals surface area contributed by atoms with Crippen LogP contribution in [0.25, 0.3) is 11.0 Å². The van der Waals surface area contributed by atoms with Crippen LogP contribution < -0.4 is 21.2 Å². The average Bonchev–Trinajstić information content (AvgIpc) is 3.87. The Morgan fingerprint density at radius 2 is 1.77 bits per heavy atom. The van der Waals surface area contributed by atoms with E-state index in [0.717, 1.165) is 55.3 Å². The highest BCUT2D eigenvalue weighted by Crippen LogP contribution is 2.58. The minimum Gasteiger partial charge on any atom is -0.388 e. The molecule has 10 rings (SSSR count). The van der Waals surface area contributed by atoms with Gasteiger partial charge in [-0.2, -0.15) is 4.98 Å². The molecule has 0 bridgehead atoms. The first-order valence-electron chi connectivity index (χ1n) is 22.2. The fraction of sp³-hybridized carbons (Fsp3) is 0.522. The van der Waals surface area contributed by atoms with Crippen LogP contribution in [0.2, 0.25) is 0 Å². The zero-order valence-corrected chi connectivity index (χ0v) is 36.7. The molecule has 1 unspecified atom stereocenters. The monoisotopic (exact) mass is 894 g/mol. The summed E-state index contributed by atoms with van der Waals surface area (Å²) in [5.41, 5.74) is -0.307. The number of nitrogens with zero attached hydrogens (tertiary/aromatic N) is 6. The Hall–Kier alpha value is -5.48. The quantitative estimate of drug-likeness (QED) is 0.119. The van der Waals surface area contributed by atoms with E-state index in [-0.39, 0.29) is 58.3 Å². The summed E-state index contributed by atoms with van der Waals surface area (Å²) in [4.78, 5) is 64.4. The first-order chi connectivity index (χ1) is 30.6. The van der Waals surface area contributed by atoms with E-state index in [1.807, 2.05) is 0 Å². The molecule has 2 saturated heterocycles. The normalized spacial score (nSPS) is 25.1. The van der Waals surface area contributed by atoms with E-state index in [0.29, 0.717) is 56.3 Å². The molecule has 64 heavy (non-hydrogen) atoms. The zero-order chi connectivity index (χ0) is 44.8. The number of carbonyl (C=O) groups excluding carboxylic acids is 3. The molecule has 4 aromatic rings. The summed E-state index contributed by atoms with van der Waals surface area (Å²) in [6.45, 7) is 4.65. The molecular formula is C46H51FN8O8S. The smallest absolute Gasteiger partial charge is 0.329 e. The summed E-state index contributed by atoms with van der Waals surface area (Å²) in [6.07, 6.45) is 8.68.